The number of rotatable bonds is 3. The van der Waals surface area contributed by atoms with E-state index in [0.717, 1.165) is 17.0 Å². The molecule has 0 unspecified atom stereocenters. The predicted octanol–water partition coefficient (Wildman–Crippen LogP) is 4.98. The zero-order chi connectivity index (χ0) is 14.9. The summed E-state index contributed by atoms with van der Waals surface area (Å²) in [7, 11) is 0. The van der Waals surface area contributed by atoms with Gasteiger partial charge in [-0.2, -0.15) is 0 Å². The zero-order valence-corrected chi connectivity index (χ0v) is 13.3. The maximum Gasteiger partial charge on any atom is 0.130 e. The highest BCUT2D eigenvalue weighted by molar-refractivity contribution is 7.99. The Hall–Kier alpha value is -1.87. The van der Waals surface area contributed by atoms with Gasteiger partial charge < -0.3 is 9.46 Å². The Morgan fingerprint density at radius 1 is 1.05 bits per heavy atom. The summed E-state index contributed by atoms with van der Waals surface area (Å²) in [6.45, 7) is 4.18. The van der Waals surface area contributed by atoms with Crippen LogP contribution in [0.15, 0.2) is 54.6 Å². The van der Waals surface area contributed by atoms with Gasteiger partial charge in [0.25, 0.3) is 0 Å². The molecule has 1 aliphatic rings. The lowest BCUT2D eigenvalue weighted by molar-refractivity contribution is 0.158. The van der Waals surface area contributed by atoms with E-state index in [4.69, 9.17) is 4.74 Å². The van der Waals surface area contributed by atoms with Gasteiger partial charge in [0.1, 0.15) is 11.4 Å². The summed E-state index contributed by atoms with van der Waals surface area (Å²) in [5, 5.41) is 0. The third-order valence-electron chi connectivity index (χ3n) is 3.44. The molecule has 21 heavy (non-hydrogen) atoms. The highest BCUT2D eigenvalue weighted by Crippen LogP contribution is 2.40. The molecule has 3 rings (SSSR count). The minimum absolute atomic E-state index is 0.309. The number of ether oxygens (including phenoxy) is 1. The first-order valence-electron chi connectivity index (χ1n) is 7.00. The van der Waals surface area contributed by atoms with Crippen LogP contribution in [0, 0.1) is 0 Å². The van der Waals surface area contributed by atoms with Crippen molar-refractivity contribution in [1.29, 1.82) is 0 Å². The molecule has 1 N–H and O–H groups in total. The molecular formula is C18H19NOS. The molecule has 0 atom stereocenters. The predicted molar refractivity (Wildman–Crippen MR) is 91.8 cm³/mol. The highest BCUT2D eigenvalue weighted by atomic mass is 32.2. The number of anilines is 1. The summed E-state index contributed by atoms with van der Waals surface area (Å²) in [5.74, 6) is 0.931. The summed E-state index contributed by atoms with van der Waals surface area (Å²) in [5.41, 5.74) is 4.35. The van der Waals surface area contributed by atoms with Gasteiger partial charge in [-0.15, -0.1) is 0 Å². The van der Waals surface area contributed by atoms with Crippen LogP contribution >= 0.6 is 11.9 Å². The van der Waals surface area contributed by atoms with E-state index >= 15 is 0 Å². The molecule has 2 aromatic rings. The van der Waals surface area contributed by atoms with E-state index in [1.54, 1.807) is 11.9 Å². The Kier molecular flexibility index (Phi) is 3.68. The zero-order valence-electron chi connectivity index (χ0n) is 12.5. The van der Waals surface area contributed by atoms with Crippen LogP contribution in [0.1, 0.15) is 25.0 Å². The highest BCUT2D eigenvalue weighted by Gasteiger charge is 2.27. The summed E-state index contributed by atoms with van der Waals surface area (Å²) >= 11 is 1.58. The minimum Gasteiger partial charge on any atom is -0.483 e. The average molecular weight is 297 g/mol. The molecule has 2 nitrogen and oxygen atoms in total. The largest absolute Gasteiger partial charge is 0.483 e. The topological polar surface area (TPSA) is 21.3 Å². The Labute approximate surface area is 130 Å². The number of nitrogens with one attached hydrogen (secondary N) is 1. The molecular weight excluding hydrogens is 278 g/mol. The van der Waals surface area contributed by atoms with E-state index in [-0.39, 0.29) is 5.60 Å². The number of benzene rings is 2. The fourth-order valence-corrected chi connectivity index (χ4v) is 2.97. The van der Waals surface area contributed by atoms with Gasteiger partial charge in [0, 0.05) is 23.6 Å². The van der Waals surface area contributed by atoms with Crippen molar-refractivity contribution in [1.82, 2.24) is 0 Å². The SMILES string of the molecule is CSNc1ccc2c(c1)OC(C)(C)C=C2c1ccccc1. The van der Waals surface area contributed by atoms with Crippen molar-refractivity contribution in [3.63, 3.8) is 0 Å². The monoisotopic (exact) mass is 297 g/mol. The molecule has 0 saturated carbocycles. The van der Waals surface area contributed by atoms with Crippen LogP contribution in [-0.2, 0) is 0 Å². The molecule has 108 valence electrons. The van der Waals surface area contributed by atoms with E-state index in [1.807, 2.05) is 12.3 Å². The van der Waals surface area contributed by atoms with Crippen molar-refractivity contribution in [2.75, 3.05) is 11.0 Å². The quantitative estimate of drug-likeness (QED) is 0.807. The number of hydrogen-bond donors (Lipinski definition) is 1. The van der Waals surface area contributed by atoms with Crippen LogP contribution in [0.25, 0.3) is 5.57 Å². The molecule has 2 aromatic carbocycles. The third kappa shape index (κ3) is 2.93. The Morgan fingerprint density at radius 3 is 2.52 bits per heavy atom. The second-order valence-corrected chi connectivity index (χ2v) is 6.26. The van der Waals surface area contributed by atoms with Gasteiger partial charge in [-0.3, -0.25) is 0 Å². The Bertz CT molecular complexity index is 677. The molecule has 0 amide bonds. The van der Waals surface area contributed by atoms with Crippen LogP contribution < -0.4 is 9.46 Å². The molecule has 0 bridgehead atoms. The standard InChI is InChI=1S/C18H19NOS/c1-18(2)12-16(13-7-5-4-6-8-13)15-10-9-14(19-21-3)11-17(15)20-18/h4-12,19H,1-3H3. The summed E-state index contributed by atoms with van der Waals surface area (Å²) in [4.78, 5) is 0. The van der Waals surface area contributed by atoms with Crippen LogP contribution in [-0.4, -0.2) is 11.9 Å². The van der Waals surface area contributed by atoms with Gasteiger partial charge in [0.2, 0.25) is 0 Å². The van der Waals surface area contributed by atoms with Crippen LogP contribution in [0.2, 0.25) is 0 Å². The maximum atomic E-state index is 6.13. The molecule has 0 aromatic heterocycles. The number of fused-ring (bicyclic) bond motifs is 1. The summed E-state index contributed by atoms with van der Waals surface area (Å²) < 4.78 is 9.39. The molecule has 1 aliphatic heterocycles. The molecule has 0 saturated heterocycles. The lowest BCUT2D eigenvalue weighted by Gasteiger charge is -2.31. The molecule has 1 heterocycles. The molecule has 0 radical (unpaired) electrons. The second kappa shape index (κ2) is 5.49. The maximum absolute atomic E-state index is 6.13. The van der Waals surface area contributed by atoms with Gasteiger partial charge in [-0.1, -0.05) is 42.3 Å². The van der Waals surface area contributed by atoms with Crippen molar-refractivity contribution in [2.45, 2.75) is 19.4 Å². The van der Waals surface area contributed by atoms with E-state index in [2.05, 4.69) is 67.1 Å². The van der Waals surface area contributed by atoms with Gasteiger partial charge in [-0.25, -0.2) is 0 Å². The lowest BCUT2D eigenvalue weighted by atomic mass is 9.90. The summed E-state index contributed by atoms with van der Waals surface area (Å²) in [6, 6.07) is 16.8. The third-order valence-corrected chi connectivity index (χ3v) is 3.88. The van der Waals surface area contributed by atoms with Crippen molar-refractivity contribution in [3.8, 4) is 5.75 Å². The Morgan fingerprint density at radius 2 is 1.81 bits per heavy atom. The van der Waals surface area contributed by atoms with Crippen LogP contribution in [0.5, 0.6) is 5.75 Å². The van der Waals surface area contributed by atoms with Crippen LogP contribution in [0.3, 0.4) is 0 Å². The normalized spacial score (nSPS) is 15.7. The van der Waals surface area contributed by atoms with E-state index in [0.29, 0.717) is 0 Å². The van der Waals surface area contributed by atoms with E-state index in [9.17, 15) is 0 Å². The first-order valence-corrected chi connectivity index (χ1v) is 8.22. The van der Waals surface area contributed by atoms with Crippen molar-refractivity contribution < 1.29 is 4.74 Å². The lowest BCUT2D eigenvalue weighted by Crippen LogP contribution is -2.29. The smallest absolute Gasteiger partial charge is 0.130 e. The van der Waals surface area contributed by atoms with Crippen molar-refractivity contribution in [3.05, 3.63) is 65.7 Å². The molecule has 0 fully saturated rings. The molecule has 3 heteroatoms. The van der Waals surface area contributed by atoms with Crippen molar-refractivity contribution in [2.24, 2.45) is 0 Å². The molecule has 0 aliphatic carbocycles. The fraction of sp³-hybridized carbons (Fsp3) is 0.222. The average Bonchev–Trinajstić information content (AvgIpc) is 2.46. The summed E-state index contributed by atoms with van der Waals surface area (Å²) in [6.07, 6.45) is 4.21. The second-order valence-electron chi connectivity index (χ2n) is 5.65. The van der Waals surface area contributed by atoms with Gasteiger partial charge in [0.05, 0.1) is 0 Å². The van der Waals surface area contributed by atoms with Gasteiger partial charge in [-0.05, 0) is 43.2 Å². The van der Waals surface area contributed by atoms with E-state index < -0.39 is 0 Å². The first kappa shape index (κ1) is 14.1. The fourth-order valence-electron chi connectivity index (χ4n) is 2.61. The van der Waals surface area contributed by atoms with Gasteiger partial charge >= 0.3 is 0 Å². The van der Waals surface area contributed by atoms with E-state index in [1.165, 1.54) is 11.1 Å². The molecule has 0 spiro atoms. The van der Waals surface area contributed by atoms with Crippen LogP contribution in [0.4, 0.5) is 5.69 Å². The van der Waals surface area contributed by atoms with Crippen molar-refractivity contribution >= 4 is 23.2 Å². The first-order chi connectivity index (χ1) is 10.1. The minimum atomic E-state index is -0.309. The Balaban J connectivity index is 2.11. The number of hydrogen-bond acceptors (Lipinski definition) is 3. The van der Waals surface area contributed by atoms with Gasteiger partial charge in [0.15, 0.2) is 0 Å².